The number of ether oxygens (including phenoxy) is 1. The Bertz CT molecular complexity index is 1400. The topological polar surface area (TPSA) is 177 Å². The predicted molar refractivity (Wildman–Crippen MR) is 149 cm³/mol. The summed E-state index contributed by atoms with van der Waals surface area (Å²) >= 11 is 5.79. The molecule has 3 atom stereocenters. The van der Waals surface area contributed by atoms with Gasteiger partial charge in [0.1, 0.15) is 22.7 Å². The van der Waals surface area contributed by atoms with Gasteiger partial charge in [0.05, 0.1) is 10.9 Å². The first-order chi connectivity index (χ1) is 18.6. The lowest BCUT2D eigenvalue weighted by molar-refractivity contribution is -0.179. The molecule has 2 aromatic rings. The zero-order valence-corrected chi connectivity index (χ0v) is 25.3. The van der Waals surface area contributed by atoms with Crippen molar-refractivity contribution < 1.29 is 28.5 Å². The summed E-state index contributed by atoms with van der Waals surface area (Å²) in [5.41, 5.74) is -1.53. The molecule has 0 radical (unpaired) electrons. The van der Waals surface area contributed by atoms with Gasteiger partial charge in [-0.15, -0.1) is 33.1 Å². The van der Waals surface area contributed by atoms with Crippen molar-refractivity contribution in [2.75, 3.05) is 11.6 Å². The molecule has 0 spiro atoms. The Kier molecular flexibility index (Phi) is 8.31. The third-order valence-corrected chi connectivity index (χ3v) is 8.46. The number of aromatic nitrogens is 5. The minimum atomic E-state index is -1.58. The second-order valence-electron chi connectivity index (χ2n) is 10.6. The number of tetrazole rings is 1. The molecular formula is C22H28BClN8O6S2. The van der Waals surface area contributed by atoms with E-state index in [-0.39, 0.29) is 28.9 Å². The molecule has 1 fully saturated rings. The van der Waals surface area contributed by atoms with Gasteiger partial charge in [-0.3, -0.25) is 14.5 Å². The predicted octanol–water partition coefficient (Wildman–Crippen LogP) is -0.259. The SMILES string of the molecule is Bn1nnc(C2=C(CCl)C[S+]([O-])[C@@H]3[C@H](NC(=O)/C(=N\OC(C)(C)C(=O)OC(C)(C)C)c4csc(C)n4)C(=O)N23)n1. The van der Waals surface area contributed by atoms with Crippen LogP contribution in [0, 0.1) is 6.92 Å². The Morgan fingerprint density at radius 3 is 2.60 bits per heavy atom. The number of nitrogens with one attached hydrogen (secondary N) is 1. The lowest BCUT2D eigenvalue weighted by Gasteiger charge is -2.49. The van der Waals surface area contributed by atoms with Crippen LogP contribution >= 0.6 is 22.9 Å². The summed E-state index contributed by atoms with van der Waals surface area (Å²) < 4.78 is 19.7. The summed E-state index contributed by atoms with van der Waals surface area (Å²) in [5, 5.41) is 19.9. The normalized spacial score (nSPS) is 21.6. The average Bonchev–Trinajstić information content (AvgIpc) is 3.48. The van der Waals surface area contributed by atoms with E-state index in [1.54, 1.807) is 41.1 Å². The quantitative estimate of drug-likeness (QED) is 0.0797. The number of aryl methyl sites for hydroxylation is 1. The van der Waals surface area contributed by atoms with Crippen LogP contribution in [0.3, 0.4) is 0 Å². The maximum absolute atomic E-state index is 13.5. The molecule has 214 valence electrons. The third-order valence-electron chi connectivity index (χ3n) is 5.71. The van der Waals surface area contributed by atoms with E-state index in [2.05, 4.69) is 30.9 Å². The van der Waals surface area contributed by atoms with E-state index in [1.807, 2.05) is 0 Å². The first-order valence-corrected chi connectivity index (χ1v) is 14.9. The first kappa shape index (κ1) is 30.0. The smallest absolute Gasteiger partial charge is 0.353 e. The van der Waals surface area contributed by atoms with Crippen LogP contribution in [0.15, 0.2) is 16.1 Å². The van der Waals surface area contributed by atoms with Crippen molar-refractivity contribution in [3.8, 4) is 0 Å². The van der Waals surface area contributed by atoms with Gasteiger partial charge in [-0.1, -0.05) is 10.4 Å². The molecule has 18 heteroatoms. The summed E-state index contributed by atoms with van der Waals surface area (Å²) in [4.78, 5) is 50.5. The molecule has 0 aromatic carbocycles. The fourth-order valence-electron chi connectivity index (χ4n) is 3.83. The van der Waals surface area contributed by atoms with E-state index in [4.69, 9.17) is 21.2 Å². The van der Waals surface area contributed by atoms with E-state index in [9.17, 15) is 18.9 Å². The van der Waals surface area contributed by atoms with Crippen LogP contribution < -0.4 is 5.32 Å². The number of nitrogens with zero attached hydrogens (tertiary/aromatic N) is 7. The molecule has 4 rings (SSSR count). The molecule has 2 aliphatic heterocycles. The van der Waals surface area contributed by atoms with Crippen LogP contribution in [-0.2, 0) is 35.1 Å². The number of fused-ring (bicyclic) bond motifs is 1. The molecule has 0 saturated carbocycles. The van der Waals surface area contributed by atoms with Gasteiger partial charge in [0.2, 0.25) is 16.8 Å². The lowest BCUT2D eigenvalue weighted by atomic mass is 10.0. The van der Waals surface area contributed by atoms with Gasteiger partial charge in [0.25, 0.3) is 19.8 Å². The van der Waals surface area contributed by atoms with Gasteiger partial charge in [0, 0.05) is 11.0 Å². The molecule has 4 heterocycles. The number of hydrogen-bond acceptors (Lipinski definition) is 12. The van der Waals surface area contributed by atoms with Gasteiger partial charge < -0.3 is 19.4 Å². The lowest BCUT2D eigenvalue weighted by Crippen LogP contribution is -2.74. The molecule has 2 aliphatic rings. The van der Waals surface area contributed by atoms with E-state index in [0.717, 1.165) is 0 Å². The van der Waals surface area contributed by atoms with Gasteiger partial charge in [-0.05, 0) is 52.7 Å². The highest BCUT2D eigenvalue weighted by Crippen LogP contribution is 2.40. The molecule has 2 amide bonds. The number of carbonyl (C=O) groups is 3. The van der Waals surface area contributed by atoms with E-state index in [0.29, 0.717) is 16.3 Å². The standard InChI is InChI=1S/C22H28BClN8O6S2/c1-10-25-12(8-39-10)13(29-38-22(5,6)20(35)37-21(2,3)4)17(33)26-14-18(34)31-15(16-27-30-32(23)28-16)11(7-24)9-40(36)19(14)31/h8,14,19H,7,9,23H2,1-6H3,(H,26,33)/b29-13-/t14-,19-,40?/m1/s1. The number of β-lactam (4-membered cyclic amide) rings is 1. The highest BCUT2D eigenvalue weighted by Gasteiger charge is 2.60. The summed E-state index contributed by atoms with van der Waals surface area (Å²) in [6, 6.07) is -1.14. The summed E-state index contributed by atoms with van der Waals surface area (Å²) in [6.45, 7) is 9.79. The highest BCUT2D eigenvalue weighted by atomic mass is 35.5. The summed E-state index contributed by atoms with van der Waals surface area (Å²) in [5.74, 6) is -1.77. The highest BCUT2D eigenvalue weighted by molar-refractivity contribution is 7.92. The molecule has 40 heavy (non-hydrogen) atoms. The van der Waals surface area contributed by atoms with Crippen molar-refractivity contribution in [1.82, 2.24) is 35.3 Å². The van der Waals surface area contributed by atoms with Crippen molar-refractivity contribution in [3.63, 3.8) is 0 Å². The zero-order chi connectivity index (χ0) is 29.6. The zero-order valence-electron chi connectivity index (χ0n) is 22.9. The molecule has 1 N–H and O–H groups in total. The van der Waals surface area contributed by atoms with Gasteiger partial charge >= 0.3 is 5.97 Å². The van der Waals surface area contributed by atoms with E-state index >= 15 is 0 Å². The number of thiazole rings is 1. The van der Waals surface area contributed by atoms with Crippen LogP contribution in [0.5, 0.6) is 0 Å². The number of alkyl halides is 1. The van der Waals surface area contributed by atoms with Crippen LogP contribution in [-0.4, -0.2) is 100 Å². The second kappa shape index (κ2) is 11.1. The van der Waals surface area contributed by atoms with Gasteiger partial charge in [-0.25, -0.2) is 14.5 Å². The van der Waals surface area contributed by atoms with E-state index in [1.165, 1.54) is 34.8 Å². The first-order valence-electron chi connectivity index (χ1n) is 12.1. The van der Waals surface area contributed by atoms with Crippen LogP contribution in [0.2, 0.25) is 0 Å². The van der Waals surface area contributed by atoms with Crippen molar-refractivity contribution in [3.05, 3.63) is 27.5 Å². The molecular weight excluding hydrogens is 583 g/mol. The number of amides is 2. The van der Waals surface area contributed by atoms with Crippen LogP contribution in [0.25, 0.3) is 5.70 Å². The Balaban J connectivity index is 1.59. The largest absolute Gasteiger partial charge is 0.614 e. The molecule has 2 aromatic heterocycles. The van der Waals surface area contributed by atoms with Gasteiger partial charge in [-0.2, -0.15) is 0 Å². The van der Waals surface area contributed by atoms with Crippen molar-refractivity contribution in [2.45, 2.75) is 64.2 Å². The van der Waals surface area contributed by atoms with Crippen LogP contribution in [0.4, 0.5) is 0 Å². The number of oxime groups is 1. The molecule has 1 saturated heterocycles. The maximum Gasteiger partial charge on any atom is 0.353 e. The fraction of sp³-hybridized carbons (Fsp3) is 0.545. The van der Waals surface area contributed by atoms with Crippen molar-refractivity contribution in [1.29, 1.82) is 0 Å². The minimum Gasteiger partial charge on any atom is -0.614 e. The van der Waals surface area contributed by atoms with E-state index < -0.39 is 51.6 Å². The Morgan fingerprint density at radius 2 is 2.05 bits per heavy atom. The third kappa shape index (κ3) is 6.01. The van der Waals surface area contributed by atoms with Gasteiger partial charge in [0.15, 0.2) is 11.8 Å². The second-order valence-corrected chi connectivity index (χ2v) is 13.4. The number of halogens is 1. The van der Waals surface area contributed by atoms with Crippen LogP contribution in [0.1, 0.15) is 51.1 Å². The number of rotatable bonds is 8. The summed E-state index contributed by atoms with van der Waals surface area (Å²) in [7, 11) is 1.57. The maximum atomic E-state index is 13.5. The molecule has 0 aliphatic carbocycles. The number of esters is 1. The summed E-state index contributed by atoms with van der Waals surface area (Å²) in [6.07, 6.45) is 0. The average molecular weight is 611 g/mol. The Labute approximate surface area is 243 Å². The Morgan fingerprint density at radius 1 is 1.35 bits per heavy atom. The molecule has 14 nitrogen and oxygen atoms in total. The molecule has 1 unspecified atom stereocenters. The Hall–Kier alpha value is -3.02. The number of hydrogen-bond donors (Lipinski definition) is 1. The van der Waals surface area contributed by atoms with Crippen molar-refractivity contribution in [2.24, 2.45) is 5.16 Å². The number of carbonyl (C=O) groups excluding carboxylic acids is 3. The van der Waals surface area contributed by atoms with Crippen molar-refractivity contribution >= 4 is 71.3 Å². The minimum absolute atomic E-state index is 0.0115. The monoisotopic (exact) mass is 610 g/mol. The molecule has 0 bridgehead atoms. The fourth-order valence-corrected chi connectivity index (χ4v) is 6.45.